The molecule has 0 aliphatic carbocycles. The highest BCUT2D eigenvalue weighted by Gasteiger charge is 2.14. The zero-order valence-electron chi connectivity index (χ0n) is 12.0. The average molecular weight is 295 g/mol. The number of fused-ring (bicyclic) bond motifs is 1. The summed E-state index contributed by atoms with van der Waals surface area (Å²) in [5.41, 5.74) is 2.33. The van der Waals surface area contributed by atoms with E-state index < -0.39 is 0 Å². The summed E-state index contributed by atoms with van der Waals surface area (Å²) in [7, 11) is 0. The Kier molecular flexibility index (Phi) is 4.16. The number of rotatable bonds is 5. The van der Waals surface area contributed by atoms with Crippen molar-refractivity contribution >= 4 is 11.6 Å². The second kappa shape index (κ2) is 6.41. The molecular formula is C17H17N3O2. The van der Waals surface area contributed by atoms with Crippen LogP contribution in [-0.2, 0) is 6.42 Å². The molecule has 2 N–H and O–H groups in total. The lowest BCUT2D eigenvalue weighted by Crippen LogP contribution is -2.39. The van der Waals surface area contributed by atoms with Gasteiger partial charge in [-0.2, -0.15) is 0 Å². The van der Waals surface area contributed by atoms with Gasteiger partial charge < -0.3 is 14.8 Å². The van der Waals surface area contributed by atoms with E-state index in [2.05, 4.69) is 10.3 Å². The first-order valence-corrected chi connectivity index (χ1v) is 7.14. The highest BCUT2D eigenvalue weighted by atomic mass is 16.3. The number of amides is 1. The fourth-order valence-electron chi connectivity index (χ4n) is 2.38. The molecule has 3 rings (SSSR count). The third-order valence-corrected chi connectivity index (χ3v) is 3.54. The molecule has 1 atom stereocenters. The summed E-state index contributed by atoms with van der Waals surface area (Å²) in [4.78, 5) is 16.5. The van der Waals surface area contributed by atoms with Crippen molar-refractivity contribution in [1.29, 1.82) is 0 Å². The lowest BCUT2D eigenvalue weighted by molar-refractivity contribution is 0.0916. The monoisotopic (exact) mass is 295 g/mol. The van der Waals surface area contributed by atoms with Gasteiger partial charge in [0.1, 0.15) is 5.65 Å². The van der Waals surface area contributed by atoms with E-state index in [4.69, 9.17) is 0 Å². The van der Waals surface area contributed by atoms with Crippen LogP contribution in [0.3, 0.4) is 0 Å². The second-order valence-electron chi connectivity index (χ2n) is 5.15. The summed E-state index contributed by atoms with van der Waals surface area (Å²) in [5.74, 6) is -0.208. The Hall–Kier alpha value is -2.66. The van der Waals surface area contributed by atoms with Crippen molar-refractivity contribution in [3.8, 4) is 0 Å². The summed E-state index contributed by atoms with van der Waals surface area (Å²) in [6.07, 6.45) is 5.89. The normalized spacial score (nSPS) is 12.2. The predicted octanol–water partition coefficient (Wildman–Crippen LogP) is 1.67. The Bertz CT molecular complexity index is 768. The molecule has 2 heterocycles. The summed E-state index contributed by atoms with van der Waals surface area (Å²) in [6, 6.07) is 12.9. The summed E-state index contributed by atoms with van der Waals surface area (Å²) in [5, 5.41) is 12.4. The van der Waals surface area contributed by atoms with Gasteiger partial charge in [0.2, 0.25) is 0 Å². The molecule has 0 saturated carbocycles. The molecular weight excluding hydrogens is 278 g/mol. The lowest BCUT2D eigenvalue weighted by atomic mass is 10.1. The van der Waals surface area contributed by atoms with Crippen LogP contribution in [0.4, 0.5) is 0 Å². The number of hydrogen-bond acceptors (Lipinski definition) is 3. The Morgan fingerprint density at radius 1 is 1.23 bits per heavy atom. The van der Waals surface area contributed by atoms with E-state index in [9.17, 15) is 9.90 Å². The summed E-state index contributed by atoms with van der Waals surface area (Å²) >= 11 is 0. The number of pyridine rings is 1. The maximum atomic E-state index is 12.3. The number of imidazole rings is 1. The van der Waals surface area contributed by atoms with Gasteiger partial charge in [-0.15, -0.1) is 0 Å². The van der Waals surface area contributed by atoms with Gasteiger partial charge in [-0.3, -0.25) is 4.79 Å². The van der Waals surface area contributed by atoms with Crippen molar-refractivity contribution in [1.82, 2.24) is 14.7 Å². The van der Waals surface area contributed by atoms with E-state index in [1.807, 2.05) is 40.9 Å². The Labute approximate surface area is 128 Å². The highest BCUT2D eigenvalue weighted by molar-refractivity contribution is 5.95. The zero-order chi connectivity index (χ0) is 15.4. The van der Waals surface area contributed by atoms with Gasteiger partial charge in [-0.05, 0) is 24.1 Å². The van der Waals surface area contributed by atoms with Crippen molar-refractivity contribution in [2.45, 2.75) is 12.5 Å². The predicted molar refractivity (Wildman–Crippen MR) is 83.7 cm³/mol. The Morgan fingerprint density at radius 2 is 2.05 bits per heavy atom. The van der Waals surface area contributed by atoms with Crippen LogP contribution in [0.1, 0.15) is 15.9 Å². The number of nitrogens with one attached hydrogen (secondary N) is 1. The van der Waals surface area contributed by atoms with Crippen LogP contribution >= 0.6 is 0 Å². The van der Waals surface area contributed by atoms with Gasteiger partial charge in [0.25, 0.3) is 5.91 Å². The molecule has 3 aromatic rings. The third kappa shape index (κ3) is 3.15. The van der Waals surface area contributed by atoms with Crippen molar-refractivity contribution in [3.05, 3.63) is 72.2 Å². The topological polar surface area (TPSA) is 66.6 Å². The second-order valence-corrected chi connectivity index (χ2v) is 5.15. The fraction of sp³-hybridized carbons (Fsp3) is 0.176. The quantitative estimate of drug-likeness (QED) is 0.752. The smallest absolute Gasteiger partial charge is 0.251 e. The summed E-state index contributed by atoms with van der Waals surface area (Å²) < 4.78 is 1.84. The van der Waals surface area contributed by atoms with Crippen LogP contribution in [-0.4, -0.2) is 33.0 Å². The molecule has 0 bridgehead atoms. The van der Waals surface area contributed by atoms with E-state index in [0.717, 1.165) is 11.2 Å². The molecule has 0 radical (unpaired) electrons. The number of carbonyl (C=O) groups excluding carboxylic acids is 1. The van der Waals surface area contributed by atoms with Crippen molar-refractivity contribution in [2.24, 2.45) is 0 Å². The molecule has 0 fully saturated rings. The van der Waals surface area contributed by atoms with Crippen LogP contribution in [0, 0.1) is 0 Å². The molecule has 22 heavy (non-hydrogen) atoms. The number of nitrogens with zero attached hydrogens (tertiary/aromatic N) is 2. The Morgan fingerprint density at radius 3 is 2.82 bits per heavy atom. The molecule has 0 aliphatic heterocycles. The van der Waals surface area contributed by atoms with Gasteiger partial charge in [0.05, 0.1) is 12.6 Å². The third-order valence-electron chi connectivity index (χ3n) is 3.54. The SMILES string of the molecule is O=C(NC(CO)Cc1ccccc1)c1ccn2ccnc2c1. The van der Waals surface area contributed by atoms with E-state index in [1.165, 1.54) is 0 Å². The van der Waals surface area contributed by atoms with Crippen LogP contribution in [0.2, 0.25) is 0 Å². The minimum Gasteiger partial charge on any atom is -0.394 e. The molecule has 2 aromatic heterocycles. The molecule has 112 valence electrons. The maximum Gasteiger partial charge on any atom is 0.251 e. The minimum absolute atomic E-state index is 0.105. The number of aliphatic hydroxyl groups is 1. The molecule has 5 nitrogen and oxygen atoms in total. The number of aliphatic hydroxyl groups excluding tert-OH is 1. The molecule has 0 aliphatic rings. The van der Waals surface area contributed by atoms with E-state index in [1.54, 1.807) is 24.5 Å². The first-order chi connectivity index (χ1) is 10.8. The highest BCUT2D eigenvalue weighted by Crippen LogP contribution is 2.07. The minimum atomic E-state index is -0.314. The average Bonchev–Trinajstić information content (AvgIpc) is 3.02. The van der Waals surface area contributed by atoms with Crippen molar-refractivity contribution in [3.63, 3.8) is 0 Å². The van der Waals surface area contributed by atoms with Gasteiger partial charge >= 0.3 is 0 Å². The molecule has 1 aromatic carbocycles. The zero-order valence-corrected chi connectivity index (χ0v) is 12.0. The lowest BCUT2D eigenvalue weighted by Gasteiger charge is -2.16. The number of hydrogen-bond donors (Lipinski definition) is 2. The number of benzene rings is 1. The van der Waals surface area contributed by atoms with Crippen LogP contribution in [0.5, 0.6) is 0 Å². The van der Waals surface area contributed by atoms with Crippen molar-refractivity contribution < 1.29 is 9.90 Å². The van der Waals surface area contributed by atoms with Gasteiger partial charge in [0, 0.05) is 24.2 Å². The molecule has 0 saturated heterocycles. The number of carbonyl (C=O) groups is 1. The van der Waals surface area contributed by atoms with Gasteiger partial charge in [-0.25, -0.2) is 4.98 Å². The van der Waals surface area contributed by atoms with Gasteiger partial charge in [0.15, 0.2) is 0 Å². The largest absolute Gasteiger partial charge is 0.394 e. The first kappa shape index (κ1) is 14.3. The molecule has 5 heteroatoms. The maximum absolute atomic E-state index is 12.3. The number of aromatic nitrogens is 2. The van der Waals surface area contributed by atoms with E-state index in [-0.39, 0.29) is 18.6 Å². The van der Waals surface area contributed by atoms with Crippen molar-refractivity contribution in [2.75, 3.05) is 6.61 Å². The van der Waals surface area contributed by atoms with E-state index >= 15 is 0 Å². The Balaban J connectivity index is 1.71. The van der Waals surface area contributed by atoms with E-state index in [0.29, 0.717) is 12.0 Å². The molecule has 0 spiro atoms. The first-order valence-electron chi connectivity index (χ1n) is 7.14. The van der Waals surface area contributed by atoms with Gasteiger partial charge in [-0.1, -0.05) is 30.3 Å². The van der Waals surface area contributed by atoms with Crippen LogP contribution < -0.4 is 5.32 Å². The standard InChI is InChI=1S/C17H17N3O2/c21-12-15(10-13-4-2-1-3-5-13)19-17(22)14-6-8-20-9-7-18-16(20)11-14/h1-9,11,15,21H,10,12H2,(H,19,22). The molecule has 1 amide bonds. The fourth-order valence-corrected chi connectivity index (χ4v) is 2.38. The summed E-state index contributed by atoms with van der Waals surface area (Å²) in [6.45, 7) is -0.105. The van der Waals surface area contributed by atoms with Crippen LogP contribution in [0.25, 0.3) is 5.65 Å². The molecule has 1 unspecified atom stereocenters. The van der Waals surface area contributed by atoms with Crippen LogP contribution in [0.15, 0.2) is 61.1 Å².